The van der Waals surface area contributed by atoms with E-state index in [9.17, 15) is 0 Å². The van der Waals surface area contributed by atoms with E-state index >= 15 is 0 Å². The highest BCUT2D eigenvalue weighted by Crippen LogP contribution is 2.23. The third-order valence-corrected chi connectivity index (χ3v) is 3.43. The molecule has 88 valence electrons. The first kappa shape index (κ1) is 11.9. The Balaban J connectivity index is 1.77. The lowest BCUT2D eigenvalue weighted by Gasteiger charge is -2.27. The van der Waals surface area contributed by atoms with Crippen LogP contribution in [0.15, 0.2) is 30.3 Å². The molecule has 0 amide bonds. The van der Waals surface area contributed by atoms with Gasteiger partial charge >= 0.3 is 0 Å². The lowest BCUT2D eigenvalue weighted by atomic mass is 10.1. The van der Waals surface area contributed by atoms with E-state index in [1.807, 2.05) is 18.2 Å². The molecule has 0 aromatic heterocycles. The van der Waals surface area contributed by atoms with Crippen molar-refractivity contribution in [3.63, 3.8) is 0 Å². The van der Waals surface area contributed by atoms with Gasteiger partial charge in [-0.2, -0.15) is 0 Å². The highest BCUT2D eigenvalue weighted by atomic mass is 35.5. The zero-order chi connectivity index (χ0) is 11.2. The van der Waals surface area contributed by atoms with Gasteiger partial charge in [-0.25, -0.2) is 0 Å². The van der Waals surface area contributed by atoms with Crippen molar-refractivity contribution in [3.8, 4) is 0 Å². The summed E-state index contributed by atoms with van der Waals surface area (Å²) in [4.78, 5) is 2.42. The predicted molar refractivity (Wildman–Crippen MR) is 66.9 cm³/mol. The highest BCUT2D eigenvalue weighted by Gasteiger charge is 2.13. The van der Waals surface area contributed by atoms with Crippen molar-refractivity contribution in [1.82, 2.24) is 4.90 Å². The third kappa shape index (κ3) is 3.48. The van der Waals surface area contributed by atoms with Crippen LogP contribution in [0.3, 0.4) is 0 Å². The van der Waals surface area contributed by atoms with Crippen LogP contribution in [0.25, 0.3) is 0 Å². The molecular weight excluding hydrogens is 222 g/mol. The number of hydrogen-bond donors (Lipinski definition) is 0. The number of halogens is 1. The molecule has 3 heteroatoms. The Morgan fingerprint density at radius 3 is 2.56 bits per heavy atom. The van der Waals surface area contributed by atoms with Crippen LogP contribution in [0.4, 0.5) is 0 Å². The molecule has 16 heavy (non-hydrogen) atoms. The van der Waals surface area contributed by atoms with E-state index in [-0.39, 0.29) is 5.38 Å². The number of alkyl halides is 1. The molecule has 0 spiro atoms. The first-order valence-corrected chi connectivity index (χ1v) is 6.29. The molecule has 0 radical (unpaired) electrons. The van der Waals surface area contributed by atoms with Gasteiger partial charge in [0.2, 0.25) is 0 Å². The standard InChI is InChI=1S/C13H18ClNO/c14-13(12-4-2-1-3-5-12)6-7-15-8-10-16-11-9-15/h1-5,13H,6-11H2. The van der Waals surface area contributed by atoms with Crippen LogP contribution < -0.4 is 0 Å². The Bertz CT molecular complexity index is 298. The number of rotatable bonds is 4. The average molecular weight is 240 g/mol. The zero-order valence-corrected chi connectivity index (χ0v) is 10.2. The van der Waals surface area contributed by atoms with E-state index < -0.39 is 0 Å². The minimum Gasteiger partial charge on any atom is -0.379 e. The summed E-state index contributed by atoms with van der Waals surface area (Å²) in [5.74, 6) is 0. The molecule has 1 aromatic rings. The normalized spacial score (nSPS) is 19.6. The van der Waals surface area contributed by atoms with Crippen LogP contribution in [0.1, 0.15) is 17.4 Å². The maximum Gasteiger partial charge on any atom is 0.0597 e. The molecule has 1 saturated heterocycles. The SMILES string of the molecule is ClC(CCN1CCOCC1)c1ccccc1. The van der Waals surface area contributed by atoms with Crippen molar-refractivity contribution in [2.45, 2.75) is 11.8 Å². The second kappa shape index (κ2) is 6.24. The molecule has 2 rings (SSSR count). The van der Waals surface area contributed by atoms with Gasteiger partial charge in [-0.1, -0.05) is 30.3 Å². The molecule has 0 aliphatic carbocycles. The summed E-state index contributed by atoms with van der Waals surface area (Å²) in [6, 6.07) is 10.3. The molecule has 1 fully saturated rings. The summed E-state index contributed by atoms with van der Waals surface area (Å²) in [7, 11) is 0. The van der Waals surface area contributed by atoms with Gasteiger partial charge in [-0.15, -0.1) is 11.6 Å². The zero-order valence-electron chi connectivity index (χ0n) is 9.44. The summed E-state index contributed by atoms with van der Waals surface area (Å²) in [6.45, 7) is 4.86. The van der Waals surface area contributed by atoms with Crippen LogP contribution >= 0.6 is 11.6 Å². The van der Waals surface area contributed by atoms with Gasteiger partial charge in [-0.05, 0) is 12.0 Å². The molecule has 1 aromatic carbocycles. The van der Waals surface area contributed by atoms with Crippen molar-refractivity contribution < 1.29 is 4.74 Å². The Hall–Kier alpha value is -0.570. The smallest absolute Gasteiger partial charge is 0.0597 e. The van der Waals surface area contributed by atoms with Gasteiger partial charge in [0.1, 0.15) is 0 Å². The van der Waals surface area contributed by atoms with Gasteiger partial charge in [0.15, 0.2) is 0 Å². The maximum atomic E-state index is 6.37. The van der Waals surface area contributed by atoms with Crippen LogP contribution in [0.5, 0.6) is 0 Å². The summed E-state index contributed by atoms with van der Waals surface area (Å²) in [5, 5.41) is 0.129. The van der Waals surface area contributed by atoms with Crippen LogP contribution in [-0.4, -0.2) is 37.7 Å². The number of benzene rings is 1. The number of hydrogen-bond acceptors (Lipinski definition) is 2. The average Bonchev–Trinajstić information content (AvgIpc) is 2.38. The quantitative estimate of drug-likeness (QED) is 0.750. The Labute approximate surface area is 102 Å². The van der Waals surface area contributed by atoms with Gasteiger partial charge in [0, 0.05) is 19.6 Å². The predicted octanol–water partition coefficient (Wildman–Crippen LogP) is 2.69. The first-order valence-electron chi connectivity index (χ1n) is 5.85. The van der Waals surface area contributed by atoms with Crippen molar-refractivity contribution in [2.24, 2.45) is 0 Å². The summed E-state index contributed by atoms with van der Waals surface area (Å²) >= 11 is 6.37. The lowest BCUT2D eigenvalue weighted by molar-refractivity contribution is 0.0373. The van der Waals surface area contributed by atoms with Crippen LogP contribution in [-0.2, 0) is 4.74 Å². The van der Waals surface area contributed by atoms with E-state index in [0.29, 0.717) is 0 Å². The fourth-order valence-corrected chi connectivity index (χ4v) is 2.19. The first-order chi connectivity index (χ1) is 7.86. The minimum atomic E-state index is 0.129. The molecule has 0 bridgehead atoms. The second-order valence-electron chi connectivity index (χ2n) is 4.12. The van der Waals surface area contributed by atoms with E-state index in [1.165, 1.54) is 5.56 Å². The van der Waals surface area contributed by atoms with Crippen molar-refractivity contribution in [2.75, 3.05) is 32.8 Å². The van der Waals surface area contributed by atoms with Crippen molar-refractivity contribution >= 4 is 11.6 Å². The number of nitrogens with zero attached hydrogens (tertiary/aromatic N) is 1. The Morgan fingerprint density at radius 1 is 1.19 bits per heavy atom. The minimum absolute atomic E-state index is 0.129. The summed E-state index contributed by atoms with van der Waals surface area (Å²) < 4.78 is 5.32. The monoisotopic (exact) mass is 239 g/mol. The summed E-state index contributed by atoms with van der Waals surface area (Å²) in [5.41, 5.74) is 1.22. The van der Waals surface area contributed by atoms with E-state index in [0.717, 1.165) is 39.3 Å². The Morgan fingerprint density at radius 2 is 1.88 bits per heavy atom. The fraction of sp³-hybridized carbons (Fsp3) is 0.538. The fourth-order valence-electron chi connectivity index (χ4n) is 1.95. The molecule has 1 aliphatic heterocycles. The van der Waals surface area contributed by atoms with E-state index in [4.69, 9.17) is 16.3 Å². The Kier molecular flexibility index (Phi) is 4.64. The van der Waals surface area contributed by atoms with Gasteiger partial charge in [0.05, 0.1) is 18.6 Å². The van der Waals surface area contributed by atoms with Gasteiger partial charge < -0.3 is 4.74 Å². The molecule has 1 aliphatic rings. The second-order valence-corrected chi connectivity index (χ2v) is 4.65. The number of morpholine rings is 1. The molecule has 1 heterocycles. The highest BCUT2D eigenvalue weighted by molar-refractivity contribution is 6.20. The molecule has 1 unspecified atom stereocenters. The lowest BCUT2D eigenvalue weighted by Crippen LogP contribution is -2.37. The van der Waals surface area contributed by atoms with Crippen LogP contribution in [0, 0.1) is 0 Å². The summed E-state index contributed by atoms with van der Waals surface area (Å²) in [6.07, 6.45) is 1.01. The third-order valence-electron chi connectivity index (χ3n) is 2.96. The maximum absolute atomic E-state index is 6.37. The van der Waals surface area contributed by atoms with E-state index in [1.54, 1.807) is 0 Å². The largest absolute Gasteiger partial charge is 0.379 e. The van der Waals surface area contributed by atoms with Crippen molar-refractivity contribution in [1.29, 1.82) is 0 Å². The molecule has 2 nitrogen and oxygen atoms in total. The van der Waals surface area contributed by atoms with Gasteiger partial charge in [-0.3, -0.25) is 4.90 Å². The number of ether oxygens (including phenoxy) is 1. The molecule has 1 atom stereocenters. The van der Waals surface area contributed by atoms with Crippen LogP contribution in [0.2, 0.25) is 0 Å². The molecule has 0 saturated carbocycles. The van der Waals surface area contributed by atoms with E-state index in [2.05, 4.69) is 17.0 Å². The van der Waals surface area contributed by atoms with Crippen molar-refractivity contribution in [3.05, 3.63) is 35.9 Å². The topological polar surface area (TPSA) is 12.5 Å². The van der Waals surface area contributed by atoms with Gasteiger partial charge in [0.25, 0.3) is 0 Å². The molecule has 0 N–H and O–H groups in total. The molecular formula is C13H18ClNO.